The summed E-state index contributed by atoms with van der Waals surface area (Å²) in [5, 5.41) is 8.74. The van der Waals surface area contributed by atoms with Crippen LogP contribution in [0.25, 0.3) is 0 Å². The van der Waals surface area contributed by atoms with Gasteiger partial charge in [0.25, 0.3) is 0 Å². The van der Waals surface area contributed by atoms with Crippen molar-refractivity contribution in [3.63, 3.8) is 0 Å². The zero-order valence-electron chi connectivity index (χ0n) is 8.60. The Balaban J connectivity index is 2.08. The first-order valence-corrected chi connectivity index (χ1v) is 5.59. The second kappa shape index (κ2) is 3.49. The lowest BCUT2D eigenvalue weighted by atomic mass is 10.1. The predicted octanol–water partition coefficient (Wildman–Crippen LogP) is 2.05. The van der Waals surface area contributed by atoms with E-state index in [9.17, 15) is 0 Å². The lowest BCUT2D eigenvalue weighted by Gasteiger charge is -2.12. The van der Waals surface area contributed by atoms with Crippen LogP contribution in [0.5, 0.6) is 0 Å². The molecular formula is C11H11ClN4. The summed E-state index contributed by atoms with van der Waals surface area (Å²) in [6, 6.07) is 8.01. The van der Waals surface area contributed by atoms with Gasteiger partial charge in [-0.3, -0.25) is 0 Å². The minimum absolute atomic E-state index is 0.175. The Kier molecular flexibility index (Phi) is 2.11. The number of nitrogens with two attached hydrogens (primary N) is 1. The van der Waals surface area contributed by atoms with Crippen molar-refractivity contribution < 1.29 is 0 Å². The van der Waals surface area contributed by atoms with Crippen LogP contribution in [0, 0.1) is 0 Å². The molecule has 2 aromatic rings. The number of halogens is 1. The minimum atomic E-state index is 0.175. The molecule has 0 saturated heterocycles. The molecule has 0 bridgehead atoms. The summed E-state index contributed by atoms with van der Waals surface area (Å²) < 4.78 is 1.89. The first-order valence-electron chi connectivity index (χ1n) is 5.21. The van der Waals surface area contributed by atoms with E-state index in [2.05, 4.69) is 10.3 Å². The van der Waals surface area contributed by atoms with E-state index in [1.165, 1.54) is 0 Å². The van der Waals surface area contributed by atoms with E-state index in [-0.39, 0.29) is 6.04 Å². The van der Waals surface area contributed by atoms with Gasteiger partial charge < -0.3 is 5.73 Å². The molecule has 82 valence electrons. The van der Waals surface area contributed by atoms with Crippen LogP contribution in [-0.4, -0.2) is 15.0 Å². The summed E-state index contributed by atoms with van der Waals surface area (Å²) in [5.74, 6) is 0.537. The lowest BCUT2D eigenvalue weighted by Crippen LogP contribution is -2.08. The maximum absolute atomic E-state index is 6.18. The number of aromatic nitrogens is 3. The molecule has 4 nitrogen and oxygen atoms in total. The number of rotatable bonds is 1. The van der Waals surface area contributed by atoms with Gasteiger partial charge in [-0.2, -0.15) is 0 Å². The fraction of sp³-hybridized carbons (Fsp3) is 0.273. The van der Waals surface area contributed by atoms with E-state index in [0.717, 1.165) is 29.1 Å². The third-order valence-electron chi connectivity index (χ3n) is 3.04. The Bertz CT molecular complexity index is 535. The second-order valence-corrected chi connectivity index (χ2v) is 4.35. The maximum Gasteiger partial charge on any atom is 0.169 e. The topological polar surface area (TPSA) is 56.7 Å². The molecule has 16 heavy (non-hydrogen) atoms. The van der Waals surface area contributed by atoms with Crippen molar-refractivity contribution >= 4 is 17.4 Å². The number of benzene rings is 1. The highest BCUT2D eigenvalue weighted by molar-refractivity contribution is 6.31. The highest BCUT2D eigenvalue weighted by Crippen LogP contribution is 2.35. The molecule has 0 spiro atoms. The number of fused-ring (bicyclic) bond motifs is 1. The van der Waals surface area contributed by atoms with Crippen molar-refractivity contribution in [3.05, 3.63) is 40.5 Å². The van der Waals surface area contributed by atoms with Crippen LogP contribution in [0.2, 0.25) is 5.02 Å². The molecule has 1 aromatic carbocycles. The summed E-state index contributed by atoms with van der Waals surface area (Å²) >= 11 is 6.18. The van der Waals surface area contributed by atoms with Crippen molar-refractivity contribution in [1.82, 2.24) is 15.0 Å². The molecule has 1 aliphatic heterocycles. The molecular weight excluding hydrogens is 224 g/mol. The Morgan fingerprint density at radius 3 is 3.00 bits per heavy atom. The van der Waals surface area contributed by atoms with Crippen LogP contribution in [-0.2, 0) is 6.42 Å². The van der Waals surface area contributed by atoms with E-state index < -0.39 is 0 Å². The Morgan fingerprint density at radius 1 is 1.38 bits per heavy atom. The van der Waals surface area contributed by atoms with Gasteiger partial charge in [-0.15, -0.1) is 5.10 Å². The second-order valence-electron chi connectivity index (χ2n) is 3.94. The minimum Gasteiger partial charge on any atom is -0.381 e. The van der Waals surface area contributed by atoms with Crippen molar-refractivity contribution in [3.8, 4) is 0 Å². The van der Waals surface area contributed by atoms with Gasteiger partial charge in [-0.1, -0.05) is 35.0 Å². The van der Waals surface area contributed by atoms with E-state index in [1.807, 2.05) is 28.9 Å². The van der Waals surface area contributed by atoms with Gasteiger partial charge in [0, 0.05) is 5.02 Å². The fourth-order valence-corrected chi connectivity index (χ4v) is 2.51. The van der Waals surface area contributed by atoms with E-state index >= 15 is 0 Å². The zero-order valence-corrected chi connectivity index (χ0v) is 9.35. The summed E-state index contributed by atoms with van der Waals surface area (Å²) in [6.45, 7) is 0. The molecule has 0 fully saturated rings. The summed E-state index contributed by atoms with van der Waals surface area (Å²) in [6.07, 6.45) is 1.90. The van der Waals surface area contributed by atoms with E-state index in [1.54, 1.807) is 0 Å². The third kappa shape index (κ3) is 1.30. The number of hydrogen-bond donors (Lipinski definition) is 1. The molecule has 1 aliphatic rings. The number of nitrogens with zero attached hydrogens (tertiary/aromatic N) is 3. The average Bonchev–Trinajstić information content (AvgIpc) is 2.83. The summed E-state index contributed by atoms with van der Waals surface area (Å²) in [4.78, 5) is 0. The number of anilines is 1. The molecule has 0 aliphatic carbocycles. The van der Waals surface area contributed by atoms with Gasteiger partial charge in [-0.25, -0.2) is 4.68 Å². The SMILES string of the molecule is Nc1nnn2c1CCC2c1ccccc1Cl. The molecule has 2 N–H and O–H groups in total. The molecule has 2 heterocycles. The first kappa shape index (κ1) is 9.66. The molecule has 0 radical (unpaired) electrons. The van der Waals surface area contributed by atoms with Crippen molar-refractivity contribution in [2.75, 3.05) is 5.73 Å². The van der Waals surface area contributed by atoms with Gasteiger partial charge in [0.2, 0.25) is 0 Å². The first-order chi connectivity index (χ1) is 7.77. The van der Waals surface area contributed by atoms with Crippen LogP contribution in [0.4, 0.5) is 5.82 Å². The van der Waals surface area contributed by atoms with E-state index in [4.69, 9.17) is 17.3 Å². The van der Waals surface area contributed by atoms with Gasteiger partial charge in [0.1, 0.15) is 0 Å². The Hall–Kier alpha value is -1.55. The molecule has 5 heteroatoms. The largest absolute Gasteiger partial charge is 0.381 e. The quantitative estimate of drug-likeness (QED) is 0.822. The highest BCUT2D eigenvalue weighted by atomic mass is 35.5. The van der Waals surface area contributed by atoms with Gasteiger partial charge in [0.05, 0.1) is 11.7 Å². The lowest BCUT2D eigenvalue weighted by molar-refractivity contribution is 0.534. The molecule has 0 amide bonds. The van der Waals surface area contributed by atoms with Crippen molar-refractivity contribution in [2.45, 2.75) is 18.9 Å². The van der Waals surface area contributed by atoms with Crippen LogP contribution in [0.1, 0.15) is 23.7 Å². The van der Waals surface area contributed by atoms with Crippen LogP contribution < -0.4 is 5.73 Å². The maximum atomic E-state index is 6.18. The van der Waals surface area contributed by atoms with Crippen LogP contribution >= 0.6 is 11.6 Å². The predicted molar refractivity (Wildman–Crippen MR) is 62.3 cm³/mol. The normalized spacial score (nSPS) is 18.7. The zero-order chi connectivity index (χ0) is 11.1. The number of nitrogen functional groups attached to an aromatic ring is 1. The summed E-state index contributed by atoms with van der Waals surface area (Å²) in [5.41, 5.74) is 7.85. The molecule has 3 rings (SSSR count). The van der Waals surface area contributed by atoms with E-state index in [0.29, 0.717) is 5.82 Å². The van der Waals surface area contributed by atoms with Crippen LogP contribution in [0.15, 0.2) is 24.3 Å². The molecule has 1 unspecified atom stereocenters. The average molecular weight is 235 g/mol. The Morgan fingerprint density at radius 2 is 2.19 bits per heavy atom. The van der Waals surface area contributed by atoms with Gasteiger partial charge >= 0.3 is 0 Å². The van der Waals surface area contributed by atoms with Gasteiger partial charge in [0.15, 0.2) is 5.82 Å². The number of hydrogen-bond acceptors (Lipinski definition) is 3. The molecule has 1 atom stereocenters. The molecule has 1 aromatic heterocycles. The smallest absolute Gasteiger partial charge is 0.169 e. The van der Waals surface area contributed by atoms with Crippen molar-refractivity contribution in [2.24, 2.45) is 0 Å². The van der Waals surface area contributed by atoms with Crippen LogP contribution in [0.3, 0.4) is 0 Å². The Labute approximate surface area is 98.0 Å². The molecule has 0 saturated carbocycles. The monoisotopic (exact) mass is 234 g/mol. The summed E-state index contributed by atoms with van der Waals surface area (Å²) in [7, 11) is 0. The third-order valence-corrected chi connectivity index (χ3v) is 3.38. The standard InChI is InChI=1S/C11H11ClN4/c12-8-4-2-1-3-7(8)9-5-6-10-11(13)14-15-16(9)10/h1-4,9H,5-6,13H2. The fourth-order valence-electron chi connectivity index (χ4n) is 2.25. The van der Waals surface area contributed by atoms with Crippen molar-refractivity contribution in [1.29, 1.82) is 0 Å². The highest BCUT2D eigenvalue weighted by Gasteiger charge is 2.28. The van der Waals surface area contributed by atoms with Gasteiger partial charge in [-0.05, 0) is 24.5 Å².